The van der Waals surface area contributed by atoms with E-state index in [0.29, 0.717) is 5.69 Å². The molecule has 5 heteroatoms. The molecule has 0 heterocycles. The van der Waals surface area contributed by atoms with Gasteiger partial charge in [-0.25, -0.2) is 13.2 Å². The zero-order chi connectivity index (χ0) is 21.3. The molecular formula is C25H20F3NO. The lowest BCUT2D eigenvalue weighted by atomic mass is 9.77. The summed E-state index contributed by atoms with van der Waals surface area (Å²) in [6.45, 7) is 3.45. The Morgan fingerprint density at radius 1 is 1.03 bits per heavy atom. The molecule has 152 valence electrons. The Bertz CT molecular complexity index is 1110. The predicted octanol–water partition coefficient (Wildman–Crippen LogP) is 6.09. The second-order valence-electron chi connectivity index (χ2n) is 7.41. The first-order valence-electron chi connectivity index (χ1n) is 9.74. The molecule has 0 radical (unpaired) electrons. The van der Waals surface area contributed by atoms with Gasteiger partial charge in [-0.2, -0.15) is 0 Å². The van der Waals surface area contributed by atoms with Crippen LogP contribution >= 0.6 is 0 Å². The third kappa shape index (κ3) is 3.63. The van der Waals surface area contributed by atoms with Gasteiger partial charge in [-0.15, -0.1) is 0 Å². The van der Waals surface area contributed by atoms with Gasteiger partial charge in [0.1, 0.15) is 0 Å². The third-order valence-electron chi connectivity index (χ3n) is 5.68. The summed E-state index contributed by atoms with van der Waals surface area (Å²) >= 11 is 0. The number of fused-ring (bicyclic) bond motifs is 1. The fourth-order valence-electron chi connectivity index (χ4n) is 4.34. The Kier molecular flexibility index (Phi) is 5.44. The molecular weight excluding hydrogens is 387 g/mol. The highest BCUT2D eigenvalue weighted by molar-refractivity contribution is 5.98. The van der Waals surface area contributed by atoms with Crippen molar-refractivity contribution in [3.05, 3.63) is 113 Å². The summed E-state index contributed by atoms with van der Waals surface area (Å²) in [5.41, 5.74) is 3.70. The van der Waals surface area contributed by atoms with Crippen LogP contribution in [-0.2, 0) is 11.2 Å². The largest absolute Gasteiger partial charge is 0.323 e. The molecule has 1 N–H and O–H groups in total. The molecule has 1 aliphatic carbocycles. The van der Waals surface area contributed by atoms with Crippen LogP contribution in [0.1, 0.15) is 40.5 Å². The molecule has 1 aliphatic rings. The van der Waals surface area contributed by atoms with Crippen LogP contribution in [0.2, 0.25) is 0 Å². The van der Waals surface area contributed by atoms with E-state index in [4.69, 9.17) is 0 Å². The number of anilines is 1. The molecule has 1 amide bonds. The van der Waals surface area contributed by atoms with Crippen molar-refractivity contribution in [1.82, 2.24) is 0 Å². The van der Waals surface area contributed by atoms with Gasteiger partial charge in [-0.05, 0) is 65.3 Å². The predicted molar refractivity (Wildman–Crippen MR) is 111 cm³/mol. The SMILES string of the molecule is C=CC(=O)Nc1ccc2c(c1)CCC2C(c1ccccc1)c1ccc(F)c(F)c1F. The lowest BCUT2D eigenvalue weighted by molar-refractivity contribution is -0.111. The van der Waals surface area contributed by atoms with Crippen molar-refractivity contribution in [2.45, 2.75) is 24.7 Å². The molecule has 2 unspecified atom stereocenters. The Labute approximate surface area is 173 Å². The first-order valence-corrected chi connectivity index (χ1v) is 9.74. The van der Waals surface area contributed by atoms with Crippen molar-refractivity contribution in [1.29, 1.82) is 0 Å². The molecule has 2 atom stereocenters. The summed E-state index contributed by atoms with van der Waals surface area (Å²) in [5, 5.41) is 2.74. The van der Waals surface area contributed by atoms with Gasteiger partial charge < -0.3 is 5.32 Å². The maximum Gasteiger partial charge on any atom is 0.247 e. The third-order valence-corrected chi connectivity index (χ3v) is 5.68. The van der Waals surface area contributed by atoms with Gasteiger partial charge in [-0.1, -0.05) is 49.0 Å². The molecule has 2 nitrogen and oxygen atoms in total. The van der Waals surface area contributed by atoms with Crippen molar-refractivity contribution in [3.8, 4) is 0 Å². The van der Waals surface area contributed by atoms with Gasteiger partial charge in [0.15, 0.2) is 17.5 Å². The van der Waals surface area contributed by atoms with Crippen molar-refractivity contribution in [3.63, 3.8) is 0 Å². The summed E-state index contributed by atoms with van der Waals surface area (Å²) in [4.78, 5) is 11.6. The lowest BCUT2D eigenvalue weighted by Crippen LogP contribution is -2.14. The second-order valence-corrected chi connectivity index (χ2v) is 7.41. The van der Waals surface area contributed by atoms with Crippen LogP contribution in [0.3, 0.4) is 0 Å². The molecule has 0 fully saturated rings. The van der Waals surface area contributed by atoms with Crippen molar-refractivity contribution < 1.29 is 18.0 Å². The minimum Gasteiger partial charge on any atom is -0.323 e. The van der Waals surface area contributed by atoms with E-state index in [-0.39, 0.29) is 17.4 Å². The molecule has 3 aromatic carbocycles. The number of aryl methyl sites for hydroxylation is 1. The number of hydrogen-bond donors (Lipinski definition) is 1. The summed E-state index contributed by atoms with van der Waals surface area (Å²) in [5.74, 6) is -4.66. The summed E-state index contributed by atoms with van der Waals surface area (Å²) in [6, 6.07) is 17.2. The van der Waals surface area contributed by atoms with Crippen molar-refractivity contribution >= 4 is 11.6 Å². The molecule has 3 aromatic rings. The zero-order valence-electron chi connectivity index (χ0n) is 16.2. The first kappa shape index (κ1) is 20.0. The monoisotopic (exact) mass is 407 g/mol. The van der Waals surface area contributed by atoms with E-state index >= 15 is 0 Å². The number of amides is 1. The van der Waals surface area contributed by atoms with E-state index in [2.05, 4.69) is 11.9 Å². The standard InChI is InChI=1S/C25H20F3NO/c1-2-22(30)29-17-9-11-18-16(14-17)8-10-19(18)23(15-6-4-3-5-7-15)20-12-13-21(26)25(28)24(20)27/h2-7,9,11-14,19,23H,1,8,10H2,(H,29,30). The van der Waals surface area contributed by atoms with E-state index in [1.54, 1.807) is 6.07 Å². The van der Waals surface area contributed by atoms with Crippen LogP contribution in [0.15, 0.2) is 73.3 Å². The highest BCUT2D eigenvalue weighted by Crippen LogP contribution is 2.47. The van der Waals surface area contributed by atoms with E-state index in [1.165, 1.54) is 12.1 Å². The average molecular weight is 407 g/mol. The highest BCUT2D eigenvalue weighted by Gasteiger charge is 2.34. The fraction of sp³-hybridized carbons (Fsp3) is 0.160. The maximum absolute atomic E-state index is 14.8. The molecule has 0 bridgehead atoms. The van der Waals surface area contributed by atoms with E-state index in [1.807, 2.05) is 42.5 Å². The quantitative estimate of drug-likeness (QED) is 0.402. The van der Waals surface area contributed by atoms with Gasteiger partial charge in [0.2, 0.25) is 5.91 Å². The summed E-state index contributed by atoms with van der Waals surface area (Å²) < 4.78 is 42.4. The average Bonchev–Trinajstić information content (AvgIpc) is 3.17. The number of carbonyl (C=O) groups is 1. The second kappa shape index (κ2) is 8.19. The Hall–Kier alpha value is -3.34. The number of hydrogen-bond acceptors (Lipinski definition) is 1. The van der Waals surface area contributed by atoms with Gasteiger partial charge in [-0.3, -0.25) is 4.79 Å². The maximum atomic E-state index is 14.8. The van der Waals surface area contributed by atoms with Crippen LogP contribution in [0.25, 0.3) is 0 Å². The van der Waals surface area contributed by atoms with Crippen LogP contribution < -0.4 is 5.32 Å². The molecule has 0 aromatic heterocycles. The van der Waals surface area contributed by atoms with E-state index < -0.39 is 23.4 Å². The topological polar surface area (TPSA) is 29.1 Å². The Morgan fingerprint density at radius 2 is 1.80 bits per heavy atom. The number of carbonyl (C=O) groups excluding carboxylic acids is 1. The summed E-state index contributed by atoms with van der Waals surface area (Å²) in [6.07, 6.45) is 2.67. The van der Waals surface area contributed by atoms with Crippen LogP contribution in [0.5, 0.6) is 0 Å². The Balaban J connectivity index is 1.79. The number of halogens is 3. The highest BCUT2D eigenvalue weighted by atomic mass is 19.2. The molecule has 0 saturated heterocycles. The van der Waals surface area contributed by atoms with Gasteiger partial charge in [0, 0.05) is 11.6 Å². The van der Waals surface area contributed by atoms with Gasteiger partial charge in [0.25, 0.3) is 0 Å². The van der Waals surface area contributed by atoms with Crippen LogP contribution in [0.4, 0.5) is 18.9 Å². The van der Waals surface area contributed by atoms with Crippen LogP contribution in [0, 0.1) is 17.5 Å². The van der Waals surface area contributed by atoms with Gasteiger partial charge >= 0.3 is 0 Å². The minimum absolute atomic E-state index is 0.106. The molecule has 0 saturated carbocycles. The lowest BCUT2D eigenvalue weighted by Gasteiger charge is -2.26. The normalized spacial score (nSPS) is 16.0. The first-order chi connectivity index (χ1) is 14.5. The molecule has 0 aliphatic heterocycles. The van der Waals surface area contributed by atoms with Crippen molar-refractivity contribution in [2.75, 3.05) is 5.32 Å². The molecule has 30 heavy (non-hydrogen) atoms. The number of benzene rings is 3. The van der Waals surface area contributed by atoms with Crippen molar-refractivity contribution in [2.24, 2.45) is 0 Å². The Morgan fingerprint density at radius 3 is 2.53 bits per heavy atom. The summed E-state index contributed by atoms with van der Waals surface area (Å²) in [7, 11) is 0. The smallest absolute Gasteiger partial charge is 0.247 e. The fourth-order valence-corrected chi connectivity index (χ4v) is 4.34. The molecule has 0 spiro atoms. The van der Waals surface area contributed by atoms with E-state index in [0.717, 1.165) is 35.6 Å². The van der Waals surface area contributed by atoms with E-state index in [9.17, 15) is 18.0 Å². The number of rotatable bonds is 5. The number of nitrogens with one attached hydrogen (secondary N) is 1. The minimum atomic E-state index is -1.45. The zero-order valence-corrected chi connectivity index (χ0v) is 16.2. The van der Waals surface area contributed by atoms with Gasteiger partial charge in [0.05, 0.1) is 0 Å². The molecule has 4 rings (SSSR count). The van der Waals surface area contributed by atoms with Crippen LogP contribution in [-0.4, -0.2) is 5.91 Å².